The quantitative estimate of drug-likeness (QED) is 0.770. The van der Waals surface area contributed by atoms with E-state index in [1.165, 1.54) is 0 Å². The van der Waals surface area contributed by atoms with E-state index < -0.39 is 0 Å². The molecule has 108 valence electrons. The molecule has 0 unspecified atom stereocenters. The van der Waals surface area contributed by atoms with Gasteiger partial charge >= 0.3 is 0 Å². The summed E-state index contributed by atoms with van der Waals surface area (Å²) >= 11 is 6.00. The van der Waals surface area contributed by atoms with Gasteiger partial charge in [0.05, 0.1) is 7.11 Å². The number of methoxy groups -OCH3 is 1. The van der Waals surface area contributed by atoms with E-state index in [9.17, 15) is 5.11 Å². The van der Waals surface area contributed by atoms with Crippen LogP contribution in [-0.4, -0.2) is 25.4 Å². The monoisotopic (exact) mass is 285 g/mol. The molecule has 2 N–H and O–H groups in total. The highest BCUT2D eigenvalue weighted by Crippen LogP contribution is 2.26. The molecule has 1 rings (SSSR count). The summed E-state index contributed by atoms with van der Waals surface area (Å²) in [5, 5.41) is 13.6. The maximum atomic E-state index is 9.53. The molecule has 0 saturated carbocycles. The first-order valence-electron chi connectivity index (χ1n) is 6.74. The van der Waals surface area contributed by atoms with Gasteiger partial charge in [-0.15, -0.1) is 0 Å². The number of halogens is 1. The minimum absolute atomic E-state index is 0.0359. The first kappa shape index (κ1) is 16.3. The SMILES string of the molecule is CCC(CC)(CO)CNCc1cc(Cl)ccc1OC. The number of aliphatic hydroxyl groups is 1. The molecule has 0 amide bonds. The molecule has 0 aliphatic heterocycles. The normalized spacial score (nSPS) is 11.6. The fraction of sp³-hybridized carbons (Fsp3) is 0.600. The fourth-order valence-electron chi connectivity index (χ4n) is 2.13. The maximum Gasteiger partial charge on any atom is 0.123 e. The van der Waals surface area contributed by atoms with Gasteiger partial charge in [-0.2, -0.15) is 0 Å². The molecular formula is C15H24ClNO2. The van der Waals surface area contributed by atoms with Crippen LogP contribution in [-0.2, 0) is 6.54 Å². The molecule has 0 heterocycles. The van der Waals surface area contributed by atoms with Gasteiger partial charge in [-0.1, -0.05) is 25.4 Å². The van der Waals surface area contributed by atoms with Gasteiger partial charge in [0.15, 0.2) is 0 Å². The molecule has 4 heteroatoms. The second-order valence-electron chi connectivity index (χ2n) is 4.92. The highest BCUT2D eigenvalue weighted by molar-refractivity contribution is 6.30. The average molecular weight is 286 g/mol. The molecule has 19 heavy (non-hydrogen) atoms. The topological polar surface area (TPSA) is 41.5 Å². The van der Waals surface area contributed by atoms with E-state index in [4.69, 9.17) is 16.3 Å². The third-order valence-corrected chi connectivity index (χ3v) is 4.13. The van der Waals surface area contributed by atoms with E-state index in [1.807, 2.05) is 18.2 Å². The van der Waals surface area contributed by atoms with Crippen molar-refractivity contribution >= 4 is 11.6 Å². The zero-order valence-electron chi connectivity index (χ0n) is 12.0. The molecule has 0 radical (unpaired) electrons. The first-order valence-corrected chi connectivity index (χ1v) is 7.12. The smallest absolute Gasteiger partial charge is 0.123 e. The van der Waals surface area contributed by atoms with Crippen molar-refractivity contribution in [1.29, 1.82) is 0 Å². The van der Waals surface area contributed by atoms with Crippen LogP contribution in [0.2, 0.25) is 5.02 Å². The Morgan fingerprint density at radius 1 is 1.32 bits per heavy atom. The summed E-state index contributed by atoms with van der Waals surface area (Å²) in [6.07, 6.45) is 1.92. The Labute approximate surface area is 120 Å². The molecule has 1 aromatic rings. The second-order valence-corrected chi connectivity index (χ2v) is 5.36. The molecule has 3 nitrogen and oxygen atoms in total. The summed E-state index contributed by atoms with van der Waals surface area (Å²) in [7, 11) is 1.66. The molecule has 0 fully saturated rings. The van der Waals surface area contributed by atoms with Gasteiger partial charge < -0.3 is 15.2 Å². The fourth-order valence-corrected chi connectivity index (χ4v) is 2.32. The number of hydrogen-bond donors (Lipinski definition) is 2. The Balaban J connectivity index is 2.64. The minimum atomic E-state index is -0.0359. The zero-order chi connectivity index (χ0) is 14.3. The van der Waals surface area contributed by atoms with E-state index in [0.717, 1.165) is 30.7 Å². The molecule has 0 atom stereocenters. The standard InChI is InChI=1S/C15H24ClNO2/c1-4-15(5-2,11-18)10-17-9-12-8-13(16)6-7-14(12)19-3/h6-8,17-18H,4-5,9-11H2,1-3H3. The van der Waals surface area contributed by atoms with Gasteiger partial charge in [0.1, 0.15) is 5.75 Å². The van der Waals surface area contributed by atoms with E-state index in [2.05, 4.69) is 19.2 Å². The third kappa shape index (κ3) is 4.37. The van der Waals surface area contributed by atoms with Crippen molar-refractivity contribution in [3.63, 3.8) is 0 Å². The molecule has 1 aromatic carbocycles. The Morgan fingerprint density at radius 2 is 2.00 bits per heavy atom. The van der Waals surface area contributed by atoms with Crippen LogP contribution in [0.4, 0.5) is 0 Å². The van der Waals surface area contributed by atoms with Gasteiger partial charge in [-0.3, -0.25) is 0 Å². The second kappa shape index (κ2) is 7.73. The average Bonchev–Trinajstić information content (AvgIpc) is 2.44. The van der Waals surface area contributed by atoms with Crippen LogP contribution in [0.1, 0.15) is 32.3 Å². The molecule has 0 aromatic heterocycles. The molecule has 0 bridgehead atoms. The lowest BCUT2D eigenvalue weighted by atomic mass is 9.83. The number of hydrogen-bond acceptors (Lipinski definition) is 3. The third-order valence-electron chi connectivity index (χ3n) is 3.89. The zero-order valence-corrected chi connectivity index (χ0v) is 12.8. The highest BCUT2D eigenvalue weighted by atomic mass is 35.5. The Kier molecular flexibility index (Phi) is 6.63. The predicted octanol–water partition coefficient (Wildman–Crippen LogP) is 3.24. The summed E-state index contributed by atoms with van der Waals surface area (Å²) in [5.41, 5.74) is 1.00. The lowest BCUT2D eigenvalue weighted by Crippen LogP contribution is -2.36. The number of rotatable bonds is 8. The molecule has 0 aliphatic carbocycles. The number of benzene rings is 1. The Bertz CT molecular complexity index is 383. The van der Waals surface area contributed by atoms with Crippen LogP contribution >= 0.6 is 11.6 Å². The van der Waals surface area contributed by atoms with Crippen LogP contribution in [0.3, 0.4) is 0 Å². The summed E-state index contributed by atoms with van der Waals surface area (Å²) < 4.78 is 5.31. The van der Waals surface area contributed by atoms with Crippen molar-refractivity contribution < 1.29 is 9.84 Å². The Morgan fingerprint density at radius 3 is 2.53 bits per heavy atom. The van der Waals surface area contributed by atoms with Gasteiger partial charge in [0, 0.05) is 35.7 Å². The van der Waals surface area contributed by atoms with Crippen molar-refractivity contribution in [3.8, 4) is 5.75 Å². The van der Waals surface area contributed by atoms with Gasteiger partial charge in [0.25, 0.3) is 0 Å². The van der Waals surface area contributed by atoms with E-state index in [0.29, 0.717) is 11.6 Å². The molecule has 0 saturated heterocycles. The Hall–Kier alpha value is -0.770. The van der Waals surface area contributed by atoms with Crippen LogP contribution in [0, 0.1) is 5.41 Å². The number of ether oxygens (including phenoxy) is 1. The van der Waals surface area contributed by atoms with Crippen molar-refractivity contribution in [1.82, 2.24) is 5.32 Å². The molecule has 0 aliphatic rings. The van der Waals surface area contributed by atoms with Crippen molar-refractivity contribution in [2.24, 2.45) is 5.41 Å². The first-order chi connectivity index (χ1) is 9.10. The number of nitrogens with one attached hydrogen (secondary N) is 1. The van der Waals surface area contributed by atoms with E-state index in [1.54, 1.807) is 7.11 Å². The van der Waals surface area contributed by atoms with Crippen molar-refractivity contribution in [2.45, 2.75) is 33.2 Å². The maximum absolute atomic E-state index is 9.53. The highest BCUT2D eigenvalue weighted by Gasteiger charge is 2.24. The van der Waals surface area contributed by atoms with E-state index >= 15 is 0 Å². The van der Waals surface area contributed by atoms with Crippen molar-refractivity contribution in [2.75, 3.05) is 20.3 Å². The van der Waals surface area contributed by atoms with Crippen LogP contribution in [0.5, 0.6) is 5.75 Å². The summed E-state index contributed by atoms with van der Waals surface area (Å²) in [6.45, 7) is 5.90. The predicted molar refractivity (Wildman–Crippen MR) is 79.8 cm³/mol. The summed E-state index contributed by atoms with van der Waals surface area (Å²) in [5.74, 6) is 0.833. The largest absolute Gasteiger partial charge is 0.496 e. The van der Waals surface area contributed by atoms with Crippen LogP contribution < -0.4 is 10.1 Å². The summed E-state index contributed by atoms with van der Waals surface area (Å²) in [4.78, 5) is 0. The molecular weight excluding hydrogens is 262 g/mol. The van der Waals surface area contributed by atoms with Gasteiger partial charge in [-0.25, -0.2) is 0 Å². The summed E-state index contributed by atoms with van der Waals surface area (Å²) in [6, 6.07) is 5.60. The number of aliphatic hydroxyl groups excluding tert-OH is 1. The molecule has 0 spiro atoms. The van der Waals surface area contributed by atoms with Crippen LogP contribution in [0.15, 0.2) is 18.2 Å². The van der Waals surface area contributed by atoms with Crippen LogP contribution in [0.25, 0.3) is 0 Å². The van der Waals surface area contributed by atoms with Gasteiger partial charge in [-0.05, 0) is 31.0 Å². The minimum Gasteiger partial charge on any atom is -0.496 e. The lowest BCUT2D eigenvalue weighted by molar-refractivity contribution is 0.113. The van der Waals surface area contributed by atoms with Gasteiger partial charge in [0.2, 0.25) is 0 Å². The lowest BCUT2D eigenvalue weighted by Gasteiger charge is -2.29. The van der Waals surface area contributed by atoms with Crippen molar-refractivity contribution in [3.05, 3.63) is 28.8 Å². The van der Waals surface area contributed by atoms with E-state index in [-0.39, 0.29) is 12.0 Å².